The van der Waals surface area contributed by atoms with Gasteiger partial charge in [0.05, 0.1) is 0 Å². The van der Waals surface area contributed by atoms with Crippen LogP contribution in [0.2, 0.25) is 10.0 Å². The third-order valence-electron chi connectivity index (χ3n) is 5.54. The maximum Gasteiger partial charge on any atom is 2.00 e. The number of hydrogen-bond donors (Lipinski definition) is 0. The standard InChI is InChI=1S/C23H15Cl2O.2C5H5.2Fe/c24-17-11-7-15(8-12-17)19-3-1-5-21(19)23(26)22-6-2-4-20(22)16-9-13-18(25)14-10-16;2*1-2-4-5-3-1;;/h1-14,26H;2*1-5H;;/q3*-1;2*+2/p-1. The first-order valence-corrected chi connectivity index (χ1v) is 12.3. The summed E-state index contributed by atoms with van der Waals surface area (Å²) in [6.07, 6.45) is 5.73. The Morgan fingerprint density at radius 1 is 0.658 bits per heavy atom. The van der Waals surface area contributed by atoms with Crippen LogP contribution in [0.5, 0.6) is 0 Å². The van der Waals surface area contributed by atoms with E-state index in [-0.39, 0.29) is 39.9 Å². The van der Waals surface area contributed by atoms with Crippen molar-refractivity contribution in [3.05, 3.63) is 172 Å². The predicted octanol–water partition coefficient (Wildman–Crippen LogP) is 8.91. The molecule has 0 atom stereocenters. The second-order valence-corrected chi connectivity index (χ2v) is 8.85. The average Bonchev–Trinajstić information content (AvgIpc) is 3.74. The molecule has 0 N–H and O–H groups in total. The summed E-state index contributed by atoms with van der Waals surface area (Å²) in [6, 6.07) is 40.8. The van der Waals surface area contributed by atoms with E-state index in [2.05, 4.69) is 0 Å². The number of allylic oxidation sites excluding steroid dienone is 5. The van der Waals surface area contributed by atoms with Crippen LogP contribution < -0.4 is 5.11 Å². The van der Waals surface area contributed by atoms with E-state index < -0.39 is 0 Å². The molecule has 0 aromatic heterocycles. The third-order valence-corrected chi connectivity index (χ3v) is 6.05. The van der Waals surface area contributed by atoms with Crippen molar-refractivity contribution in [2.45, 2.75) is 0 Å². The molecule has 0 saturated heterocycles. The molecular weight excluding hydrogens is 595 g/mol. The summed E-state index contributed by atoms with van der Waals surface area (Å²) in [7, 11) is 0. The van der Waals surface area contributed by atoms with Crippen molar-refractivity contribution < 1.29 is 39.2 Å². The molecule has 0 bridgehead atoms. The van der Waals surface area contributed by atoms with E-state index in [4.69, 9.17) is 23.2 Å². The fraction of sp³-hybridized carbons (Fsp3) is 0. The van der Waals surface area contributed by atoms with E-state index in [0.717, 1.165) is 22.3 Å². The van der Waals surface area contributed by atoms with Crippen LogP contribution in [0.1, 0.15) is 11.1 Å². The van der Waals surface area contributed by atoms with Gasteiger partial charge in [-0.15, -0.1) is 17.2 Å². The molecule has 5 aromatic rings. The molecule has 5 aromatic carbocycles. The molecular formula is C33H24Cl2Fe2O. The first kappa shape index (κ1) is 31.3. The molecule has 1 aliphatic carbocycles. The van der Waals surface area contributed by atoms with E-state index >= 15 is 0 Å². The van der Waals surface area contributed by atoms with Crippen LogP contribution in [0.3, 0.4) is 0 Å². The minimum atomic E-state index is 0. The first-order valence-electron chi connectivity index (χ1n) is 11.5. The minimum Gasteiger partial charge on any atom is -0.883 e. The van der Waals surface area contributed by atoms with Crippen molar-refractivity contribution in [3.8, 4) is 11.1 Å². The van der Waals surface area contributed by atoms with Crippen LogP contribution >= 0.6 is 23.2 Å². The van der Waals surface area contributed by atoms with Crippen LogP contribution in [-0.2, 0) is 34.1 Å². The fourth-order valence-corrected chi connectivity index (χ4v) is 4.04. The summed E-state index contributed by atoms with van der Waals surface area (Å²) in [5, 5.41) is 14.6. The molecule has 0 amide bonds. The van der Waals surface area contributed by atoms with E-state index in [1.165, 1.54) is 0 Å². The zero-order valence-corrected chi connectivity index (χ0v) is 23.9. The Labute approximate surface area is 255 Å². The van der Waals surface area contributed by atoms with Crippen LogP contribution in [0.4, 0.5) is 0 Å². The Kier molecular flexibility index (Phi) is 13.3. The monoisotopic (exact) mass is 618 g/mol. The van der Waals surface area contributed by atoms with Gasteiger partial charge in [-0.25, -0.2) is 24.3 Å². The summed E-state index contributed by atoms with van der Waals surface area (Å²) in [5.74, 6) is 0.00917. The minimum absolute atomic E-state index is 0. The summed E-state index contributed by atoms with van der Waals surface area (Å²) in [4.78, 5) is 0. The van der Waals surface area contributed by atoms with Crippen LogP contribution in [0, 0.1) is 0 Å². The second-order valence-electron chi connectivity index (χ2n) is 7.97. The van der Waals surface area contributed by atoms with Gasteiger partial charge in [-0.05, 0) is 23.3 Å². The van der Waals surface area contributed by atoms with E-state index in [9.17, 15) is 5.11 Å². The topological polar surface area (TPSA) is 23.1 Å². The molecule has 0 radical (unpaired) electrons. The SMILES string of the molecule is [Fe+2].[Fe+2].[O-]C(=C1C=CC=C1c1ccc(Cl)cc1)[c-]1cccc1-c1ccc(Cl)cc1.c1cc[cH-]c1.c1cc[cH-]c1. The second kappa shape index (κ2) is 16.2. The summed E-state index contributed by atoms with van der Waals surface area (Å²) in [6.45, 7) is 0. The van der Waals surface area contributed by atoms with Gasteiger partial charge in [0.25, 0.3) is 0 Å². The van der Waals surface area contributed by atoms with Crippen molar-refractivity contribution in [2.75, 3.05) is 0 Å². The predicted molar refractivity (Wildman–Crippen MR) is 152 cm³/mol. The molecule has 192 valence electrons. The molecule has 0 fully saturated rings. The molecule has 0 saturated carbocycles. The Morgan fingerprint density at radius 3 is 1.63 bits per heavy atom. The normalized spacial score (nSPS) is 12.5. The maximum atomic E-state index is 13.2. The molecule has 5 heteroatoms. The van der Waals surface area contributed by atoms with Gasteiger partial charge in [-0.2, -0.15) is 54.3 Å². The van der Waals surface area contributed by atoms with Gasteiger partial charge in [0.2, 0.25) is 0 Å². The third kappa shape index (κ3) is 8.58. The van der Waals surface area contributed by atoms with E-state index in [1.807, 2.05) is 146 Å². The summed E-state index contributed by atoms with van der Waals surface area (Å²) in [5.41, 5.74) is 5.15. The van der Waals surface area contributed by atoms with Crippen molar-refractivity contribution in [1.29, 1.82) is 0 Å². The Morgan fingerprint density at radius 2 is 1.16 bits per heavy atom. The molecule has 6 rings (SSSR count). The summed E-state index contributed by atoms with van der Waals surface area (Å²) >= 11 is 12.0. The van der Waals surface area contributed by atoms with Crippen molar-refractivity contribution >= 4 is 34.5 Å². The van der Waals surface area contributed by atoms with Crippen LogP contribution in [0.15, 0.2) is 151 Å². The first-order chi connectivity index (χ1) is 17.6. The van der Waals surface area contributed by atoms with Gasteiger partial charge < -0.3 is 5.11 Å². The molecule has 0 heterocycles. The maximum absolute atomic E-state index is 13.2. The number of hydrogen-bond acceptors (Lipinski definition) is 1. The van der Waals surface area contributed by atoms with E-state index in [1.54, 1.807) is 0 Å². The van der Waals surface area contributed by atoms with Gasteiger partial charge in [-0.1, -0.05) is 89.0 Å². The Bertz CT molecular complexity index is 1360. The smallest absolute Gasteiger partial charge is 0.883 e. The zero-order chi connectivity index (χ0) is 25.2. The van der Waals surface area contributed by atoms with Gasteiger partial charge in [0.1, 0.15) is 0 Å². The van der Waals surface area contributed by atoms with Crippen molar-refractivity contribution in [1.82, 2.24) is 0 Å². The Hall–Kier alpha value is -2.87. The molecule has 1 nitrogen and oxygen atoms in total. The van der Waals surface area contributed by atoms with Crippen molar-refractivity contribution in [2.24, 2.45) is 0 Å². The van der Waals surface area contributed by atoms with E-state index in [0.29, 0.717) is 21.2 Å². The quantitative estimate of drug-likeness (QED) is 0.112. The average molecular weight is 619 g/mol. The Balaban J connectivity index is 0.000000354. The molecule has 0 spiro atoms. The largest absolute Gasteiger partial charge is 2.00 e. The molecule has 38 heavy (non-hydrogen) atoms. The van der Waals surface area contributed by atoms with Crippen molar-refractivity contribution in [3.63, 3.8) is 0 Å². The van der Waals surface area contributed by atoms with Gasteiger partial charge in [0, 0.05) is 10.0 Å². The number of halogens is 2. The van der Waals surface area contributed by atoms with Crippen LogP contribution in [-0.4, -0.2) is 0 Å². The fourth-order valence-electron chi connectivity index (χ4n) is 3.79. The number of rotatable bonds is 3. The summed E-state index contributed by atoms with van der Waals surface area (Å²) < 4.78 is 0. The van der Waals surface area contributed by atoms with Gasteiger partial charge in [-0.3, -0.25) is 0 Å². The zero-order valence-electron chi connectivity index (χ0n) is 20.2. The van der Waals surface area contributed by atoms with Crippen LogP contribution in [0.25, 0.3) is 22.5 Å². The molecule has 1 aliphatic rings. The molecule has 0 aliphatic heterocycles. The van der Waals surface area contributed by atoms with Gasteiger partial charge >= 0.3 is 34.1 Å². The van der Waals surface area contributed by atoms with Gasteiger partial charge in [0.15, 0.2) is 0 Å². The molecule has 0 unspecified atom stereocenters. The number of benzene rings is 2.